The summed E-state index contributed by atoms with van der Waals surface area (Å²) in [7, 11) is -4.39. The van der Waals surface area contributed by atoms with Gasteiger partial charge < -0.3 is 5.73 Å². The van der Waals surface area contributed by atoms with Gasteiger partial charge in [-0.2, -0.15) is 13.5 Å². The Balaban J connectivity index is 2.61. The fourth-order valence-electron chi connectivity index (χ4n) is 1.66. The van der Waals surface area contributed by atoms with E-state index in [9.17, 15) is 8.42 Å². The molecule has 4 N–H and O–H groups in total. The molecule has 2 aromatic rings. The van der Waals surface area contributed by atoms with E-state index < -0.39 is 10.1 Å². The molecular formula is C10H11N3O6S2. The molecule has 0 spiro atoms. The number of nitrogens with two attached hydrogens (primary N) is 1. The standard InChI is InChI=1S/C10H11N3O6S2/c1-6-4-10(11)13(12-6)8-5-7(21(15,16)17)2-3-9(8)20-19-18-14/h2-5,14H,11H2,1H3,(H,15,16,17). The van der Waals surface area contributed by atoms with E-state index in [1.807, 2.05) is 0 Å². The number of nitrogens with zero attached hydrogens (tertiary/aromatic N) is 2. The molecule has 0 atom stereocenters. The zero-order valence-electron chi connectivity index (χ0n) is 10.6. The van der Waals surface area contributed by atoms with Crippen LogP contribution in [0.25, 0.3) is 5.69 Å². The second-order valence-electron chi connectivity index (χ2n) is 3.95. The van der Waals surface area contributed by atoms with Gasteiger partial charge in [-0.05, 0) is 25.1 Å². The summed E-state index contributed by atoms with van der Waals surface area (Å²) in [6.07, 6.45) is 0. The second-order valence-corrected chi connectivity index (χ2v) is 6.12. The van der Waals surface area contributed by atoms with Gasteiger partial charge in [0.05, 0.1) is 33.2 Å². The first-order valence-corrected chi connectivity index (χ1v) is 7.60. The maximum absolute atomic E-state index is 11.2. The van der Waals surface area contributed by atoms with Crippen molar-refractivity contribution < 1.29 is 27.6 Å². The summed E-state index contributed by atoms with van der Waals surface area (Å²) in [6.45, 7) is 1.71. The molecule has 0 aliphatic heterocycles. The van der Waals surface area contributed by atoms with E-state index in [-0.39, 0.29) is 16.4 Å². The summed E-state index contributed by atoms with van der Waals surface area (Å²) in [5.41, 5.74) is 6.63. The van der Waals surface area contributed by atoms with Gasteiger partial charge in [-0.1, -0.05) is 5.04 Å². The van der Waals surface area contributed by atoms with Crippen molar-refractivity contribution >= 4 is 28.0 Å². The third-order valence-electron chi connectivity index (χ3n) is 2.47. The van der Waals surface area contributed by atoms with Crippen molar-refractivity contribution in [1.82, 2.24) is 9.78 Å². The number of rotatable bonds is 5. The van der Waals surface area contributed by atoms with Gasteiger partial charge in [-0.25, -0.2) is 9.94 Å². The summed E-state index contributed by atoms with van der Waals surface area (Å²) < 4.78 is 37.2. The van der Waals surface area contributed by atoms with Crippen LogP contribution in [-0.2, 0) is 19.5 Å². The molecule has 0 saturated carbocycles. The van der Waals surface area contributed by atoms with Crippen LogP contribution in [0.15, 0.2) is 34.1 Å². The Labute approximate surface area is 124 Å². The summed E-state index contributed by atoms with van der Waals surface area (Å²) >= 11 is 0.614. The van der Waals surface area contributed by atoms with Crippen LogP contribution in [0.2, 0.25) is 0 Å². The zero-order chi connectivity index (χ0) is 15.6. The fraction of sp³-hybridized carbons (Fsp3) is 0.100. The molecule has 114 valence electrons. The van der Waals surface area contributed by atoms with Crippen molar-refractivity contribution in [2.24, 2.45) is 0 Å². The molecule has 0 aliphatic carbocycles. The van der Waals surface area contributed by atoms with Crippen LogP contribution < -0.4 is 5.73 Å². The van der Waals surface area contributed by atoms with Gasteiger partial charge in [-0.15, -0.1) is 4.33 Å². The number of aryl methyl sites for hydroxylation is 1. The maximum atomic E-state index is 11.2. The molecule has 1 aromatic carbocycles. The average Bonchev–Trinajstić information content (AvgIpc) is 2.74. The molecule has 0 bridgehead atoms. The first kappa shape index (κ1) is 15.8. The number of nitrogen functional groups attached to an aromatic ring is 1. The van der Waals surface area contributed by atoms with E-state index in [0.717, 1.165) is 6.07 Å². The molecule has 0 aliphatic rings. The van der Waals surface area contributed by atoms with Crippen LogP contribution in [0.4, 0.5) is 5.82 Å². The molecule has 2 rings (SSSR count). The highest BCUT2D eigenvalue weighted by Crippen LogP contribution is 2.30. The molecular weight excluding hydrogens is 322 g/mol. The van der Waals surface area contributed by atoms with Gasteiger partial charge in [0, 0.05) is 6.07 Å². The first-order chi connectivity index (χ1) is 9.82. The predicted octanol–water partition coefficient (Wildman–Crippen LogP) is 1.44. The Kier molecular flexibility index (Phi) is 4.51. The van der Waals surface area contributed by atoms with E-state index >= 15 is 0 Å². The molecule has 0 fully saturated rings. The Morgan fingerprint density at radius 1 is 1.38 bits per heavy atom. The molecule has 0 amide bonds. The lowest BCUT2D eigenvalue weighted by atomic mass is 10.3. The maximum Gasteiger partial charge on any atom is 0.294 e. The van der Waals surface area contributed by atoms with Gasteiger partial charge in [0.15, 0.2) is 0 Å². The highest BCUT2D eigenvalue weighted by atomic mass is 32.2. The number of hydrogen-bond donors (Lipinski definition) is 3. The normalized spacial score (nSPS) is 11.8. The van der Waals surface area contributed by atoms with E-state index in [0.29, 0.717) is 22.6 Å². The fourth-order valence-corrected chi connectivity index (χ4v) is 2.62. The van der Waals surface area contributed by atoms with Crippen molar-refractivity contribution in [2.45, 2.75) is 16.7 Å². The Morgan fingerprint density at radius 3 is 2.62 bits per heavy atom. The molecule has 0 saturated heterocycles. The Morgan fingerprint density at radius 2 is 2.10 bits per heavy atom. The highest BCUT2D eigenvalue weighted by molar-refractivity contribution is 7.94. The average molecular weight is 333 g/mol. The van der Waals surface area contributed by atoms with Gasteiger partial charge in [0.1, 0.15) is 5.82 Å². The monoisotopic (exact) mass is 333 g/mol. The third kappa shape index (κ3) is 3.53. The summed E-state index contributed by atoms with van der Waals surface area (Å²) in [6, 6.07) is 5.26. The van der Waals surface area contributed by atoms with Crippen LogP contribution >= 0.6 is 12.0 Å². The van der Waals surface area contributed by atoms with Crippen LogP contribution in [0.3, 0.4) is 0 Å². The highest BCUT2D eigenvalue weighted by Gasteiger charge is 2.17. The van der Waals surface area contributed by atoms with Crippen LogP contribution in [-0.4, -0.2) is 28.0 Å². The smallest absolute Gasteiger partial charge is 0.294 e. The quantitative estimate of drug-likeness (QED) is 0.321. The molecule has 11 heteroatoms. The topological polar surface area (TPSA) is 137 Å². The second kappa shape index (κ2) is 6.01. The van der Waals surface area contributed by atoms with E-state index in [4.69, 9.17) is 15.5 Å². The molecule has 0 radical (unpaired) electrons. The lowest BCUT2D eigenvalue weighted by molar-refractivity contribution is -0.432. The predicted molar refractivity (Wildman–Crippen MR) is 73.2 cm³/mol. The summed E-state index contributed by atoms with van der Waals surface area (Å²) in [5.74, 6) is 0.256. The van der Waals surface area contributed by atoms with Crippen molar-refractivity contribution in [3.8, 4) is 5.69 Å². The molecule has 0 unspecified atom stereocenters. The summed E-state index contributed by atoms with van der Waals surface area (Å²) in [5, 5.41) is 15.8. The van der Waals surface area contributed by atoms with E-state index in [1.165, 1.54) is 16.8 Å². The summed E-state index contributed by atoms with van der Waals surface area (Å²) in [4.78, 5) is 0.0190. The lowest BCUT2D eigenvalue weighted by Gasteiger charge is -2.10. The number of aromatic nitrogens is 2. The van der Waals surface area contributed by atoms with Crippen LogP contribution in [0, 0.1) is 6.92 Å². The van der Waals surface area contributed by atoms with Crippen LogP contribution in [0.5, 0.6) is 0 Å². The SMILES string of the molecule is Cc1cc(N)n(-c2cc(S(=O)(=O)O)ccc2SOOO)n1. The van der Waals surface area contributed by atoms with Gasteiger partial charge in [0.25, 0.3) is 10.1 Å². The Bertz CT molecular complexity index is 758. The first-order valence-electron chi connectivity index (χ1n) is 5.41. The molecule has 1 heterocycles. The van der Waals surface area contributed by atoms with Gasteiger partial charge in [-0.3, -0.25) is 4.55 Å². The third-order valence-corrected chi connectivity index (χ3v) is 3.97. The largest absolute Gasteiger partial charge is 0.384 e. The van der Waals surface area contributed by atoms with Crippen molar-refractivity contribution in [2.75, 3.05) is 5.73 Å². The van der Waals surface area contributed by atoms with E-state index in [2.05, 4.69) is 14.5 Å². The van der Waals surface area contributed by atoms with Crippen molar-refractivity contribution in [1.29, 1.82) is 0 Å². The minimum absolute atomic E-state index is 0.234. The zero-order valence-corrected chi connectivity index (χ0v) is 12.3. The number of benzene rings is 1. The molecule has 9 nitrogen and oxygen atoms in total. The van der Waals surface area contributed by atoms with Gasteiger partial charge >= 0.3 is 0 Å². The van der Waals surface area contributed by atoms with Crippen molar-refractivity contribution in [3.63, 3.8) is 0 Å². The number of hydrogen-bond acceptors (Lipinski definition) is 8. The Hall–Kier alpha value is -1.63. The minimum Gasteiger partial charge on any atom is -0.384 e. The van der Waals surface area contributed by atoms with Crippen molar-refractivity contribution in [3.05, 3.63) is 30.0 Å². The van der Waals surface area contributed by atoms with Crippen LogP contribution in [0.1, 0.15) is 5.69 Å². The molecule has 21 heavy (non-hydrogen) atoms. The van der Waals surface area contributed by atoms with Gasteiger partial charge in [0.2, 0.25) is 0 Å². The lowest BCUT2D eigenvalue weighted by Crippen LogP contribution is -2.06. The number of anilines is 1. The minimum atomic E-state index is -4.39. The van der Waals surface area contributed by atoms with E-state index in [1.54, 1.807) is 13.0 Å². The molecule has 1 aromatic heterocycles.